The summed E-state index contributed by atoms with van der Waals surface area (Å²) in [5, 5.41) is 2.99. The average molecular weight is 425 g/mol. The molecule has 0 bridgehead atoms. The van der Waals surface area contributed by atoms with Gasteiger partial charge in [0.2, 0.25) is 5.91 Å². The smallest absolute Gasteiger partial charge is 0.224 e. The minimum atomic E-state index is -0.281. The standard InChI is InChI=1S/C25H29FN2OS/c1-17-22(14-18-6-9-20(30-4)10-7-18)21-11-8-19(26)15-24(21)23(17)16-25(29)27-12-5-13-28(2)3/h6-11,14-15H,5,12-13,16H2,1-4H3,(H,27,29)/b22-14-. The summed E-state index contributed by atoms with van der Waals surface area (Å²) in [6.07, 6.45) is 5.34. The van der Waals surface area contributed by atoms with Gasteiger partial charge in [-0.1, -0.05) is 18.2 Å². The maximum absolute atomic E-state index is 14.0. The van der Waals surface area contributed by atoms with Crippen molar-refractivity contribution in [3.05, 3.63) is 70.5 Å². The van der Waals surface area contributed by atoms with E-state index in [1.165, 1.54) is 11.0 Å². The quantitative estimate of drug-likeness (QED) is 0.459. The molecule has 0 radical (unpaired) electrons. The molecule has 1 N–H and O–H groups in total. The number of amides is 1. The normalized spacial score (nSPS) is 14.5. The lowest BCUT2D eigenvalue weighted by Gasteiger charge is -2.11. The van der Waals surface area contributed by atoms with Crippen LogP contribution < -0.4 is 5.32 Å². The summed E-state index contributed by atoms with van der Waals surface area (Å²) in [6, 6.07) is 13.2. The van der Waals surface area contributed by atoms with Gasteiger partial charge in [-0.25, -0.2) is 4.39 Å². The first kappa shape index (κ1) is 22.3. The van der Waals surface area contributed by atoms with Crippen LogP contribution >= 0.6 is 11.8 Å². The molecule has 30 heavy (non-hydrogen) atoms. The molecule has 0 unspecified atom stereocenters. The van der Waals surface area contributed by atoms with Gasteiger partial charge in [0.05, 0.1) is 6.42 Å². The predicted octanol–water partition coefficient (Wildman–Crippen LogP) is 5.33. The van der Waals surface area contributed by atoms with Crippen LogP contribution in [0.4, 0.5) is 4.39 Å². The zero-order valence-corrected chi connectivity index (χ0v) is 18.9. The first-order valence-corrected chi connectivity index (χ1v) is 11.4. The Labute approximate surface area is 183 Å². The van der Waals surface area contributed by atoms with E-state index in [-0.39, 0.29) is 18.1 Å². The highest BCUT2D eigenvalue weighted by Crippen LogP contribution is 2.43. The Bertz CT molecular complexity index is 977. The van der Waals surface area contributed by atoms with Crippen molar-refractivity contribution in [3.8, 4) is 0 Å². The van der Waals surface area contributed by atoms with Gasteiger partial charge < -0.3 is 10.2 Å². The minimum Gasteiger partial charge on any atom is -0.356 e. The van der Waals surface area contributed by atoms with Crippen LogP contribution in [-0.2, 0) is 4.79 Å². The number of carbonyl (C=O) groups excluding carboxylic acids is 1. The number of carbonyl (C=O) groups is 1. The van der Waals surface area contributed by atoms with E-state index in [2.05, 4.69) is 46.8 Å². The van der Waals surface area contributed by atoms with Crippen LogP contribution in [0.5, 0.6) is 0 Å². The van der Waals surface area contributed by atoms with Gasteiger partial charge in [0.25, 0.3) is 0 Å². The third kappa shape index (κ3) is 5.41. The van der Waals surface area contributed by atoms with E-state index < -0.39 is 0 Å². The second-order valence-electron chi connectivity index (χ2n) is 7.81. The number of nitrogens with one attached hydrogen (secondary N) is 1. The molecule has 3 nitrogen and oxygen atoms in total. The van der Waals surface area contributed by atoms with Crippen LogP contribution in [0.15, 0.2) is 52.9 Å². The number of hydrogen-bond donors (Lipinski definition) is 1. The zero-order valence-electron chi connectivity index (χ0n) is 18.1. The van der Waals surface area contributed by atoms with Gasteiger partial charge >= 0.3 is 0 Å². The van der Waals surface area contributed by atoms with Crippen molar-refractivity contribution in [1.29, 1.82) is 0 Å². The molecule has 1 amide bonds. The summed E-state index contributed by atoms with van der Waals surface area (Å²) >= 11 is 1.71. The van der Waals surface area contributed by atoms with Crippen LogP contribution in [0.25, 0.3) is 17.2 Å². The highest BCUT2D eigenvalue weighted by Gasteiger charge is 2.25. The maximum atomic E-state index is 14.0. The summed E-state index contributed by atoms with van der Waals surface area (Å²) in [5.74, 6) is -0.306. The van der Waals surface area contributed by atoms with Gasteiger partial charge in [-0.3, -0.25) is 4.79 Å². The van der Waals surface area contributed by atoms with E-state index in [9.17, 15) is 9.18 Å². The van der Waals surface area contributed by atoms with Crippen molar-refractivity contribution in [2.45, 2.75) is 24.7 Å². The number of rotatable bonds is 8. The Morgan fingerprint density at radius 2 is 1.87 bits per heavy atom. The number of benzene rings is 2. The van der Waals surface area contributed by atoms with Crippen molar-refractivity contribution in [1.82, 2.24) is 10.2 Å². The molecular weight excluding hydrogens is 395 g/mol. The fourth-order valence-corrected chi connectivity index (χ4v) is 4.10. The molecule has 2 aromatic carbocycles. The van der Waals surface area contributed by atoms with Crippen LogP contribution in [-0.4, -0.2) is 44.2 Å². The molecule has 0 atom stereocenters. The SMILES string of the molecule is CSc1ccc(/C=C2/C(C)=C(CC(=O)NCCCN(C)C)c3cc(F)ccc32)cc1. The maximum Gasteiger partial charge on any atom is 0.224 e. The summed E-state index contributed by atoms with van der Waals surface area (Å²) in [5.41, 5.74) is 5.89. The fourth-order valence-electron chi connectivity index (χ4n) is 3.69. The number of hydrogen-bond acceptors (Lipinski definition) is 3. The van der Waals surface area contributed by atoms with Gasteiger partial charge in [0, 0.05) is 11.4 Å². The number of thioether (sulfide) groups is 1. The Morgan fingerprint density at radius 3 is 2.53 bits per heavy atom. The molecule has 3 rings (SSSR count). The van der Waals surface area contributed by atoms with E-state index in [0.29, 0.717) is 6.54 Å². The molecule has 0 aromatic heterocycles. The van der Waals surface area contributed by atoms with Crippen LogP contribution in [0.2, 0.25) is 0 Å². The zero-order chi connectivity index (χ0) is 21.7. The molecule has 0 spiro atoms. The van der Waals surface area contributed by atoms with E-state index >= 15 is 0 Å². The Balaban J connectivity index is 1.85. The fraction of sp³-hybridized carbons (Fsp3) is 0.320. The van der Waals surface area contributed by atoms with E-state index in [1.54, 1.807) is 17.8 Å². The third-order valence-corrected chi connectivity index (χ3v) is 6.07. The first-order chi connectivity index (χ1) is 14.4. The summed E-state index contributed by atoms with van der Waals surface area (Å²) < 4.78 is 14.0. The van der Waals surface area contributed by atoms with E-state index in [1.807, 2.05) is 27.1 Å². The second kappa shape index (κ2) is 10.1. The van der Waals surface area contributed by atoms with Crippen molar-refractivity contribution in [2.75, 3.05) is 33.4 Å². The first-order valence-electron chi connectivity index (χ1n) is 10.2. The lowest BCUT2D eigenvalue weighted by Crippen LogP contribution is -2.27. The van der Waals surface area contributed by atoms with Gasteiger partial charge in [-0.05, 0) is 104 Å². The topological polar surface area (TPSA) is 32.3 Å². The Hall–Kier alpha value is -2.37. The number of halogens is 1. The summed E-state index contributed by atoms with van der Waals surface area (Å²) in [7, 11) is 4.03. The van der Waals surface area contributed by atoms with Crippen LogP contribution in [0.1, 0.15) is 36.5 Å². The van der Waals surface area contributed by atoms with E-state index in [4.69, 9.17) is 0 Å². The van der Waals surface area contributed by atoms with E-state index in [0.717, 1.165) is 46.4 Å². The minimum absolute atomic E-state index is 0.0242. The number of fused-ring (bicyclic) bond motifs is 1. The highest BCUT2D eigenvalue weighted by atomic mass is 32.2. The molecule has 5 heteroatoms. The molecule has 0 saturated heterocycles. The van der Waals surface area contributed by atoms with Crippen LogP contribution in [0.3, 0.4) is 0 Å². The van der Waals surface area contributed by atoms with Gasteiger partial charge in [-0.2, -0.15) is 0 Å². The summed E-state index contributed by atoms with van der Waals surface area (Å²) in [6.45, 7) is 3.59. The van der Waals surface area contributed by atoms with Crippen molar-refractivity contribution < 1.29 is 9.18 Å². The number of allylic oxidation sites excluding steroid dienone is 2. The molecule has 2 aromatic rings. The highest BCUT2D eigenvalue weighted by molar-refractivity contribution is 7.98. The molecule has 0 aliphatic heterocycles. The van der Waals surface area contributed by atoms with Gasteiger partial charge in [0.15, 0.2) is 0 Å². The van der Waals surface area contributed by atoms with Gasteiger partial charge in [0.1, 0.15) is 5.82 Å². The predicted molar refractivity (Wildman–Crippen MR) is 126 cm³/mol. The molecular formula is C25H29FN2OS. The monoisotopic (exact) mass is 424 g/mol. The Morgan fingerprint density at radius 1 is 1.13 bits per heavy atom. The molecule has 0 heterocycles. The molecule has 1 aliphatic carbocycles. The lowest BCUT2D eigenvalue weighted by molar-refractivity contribution is -0.120. The van der Waals surface area contributed by atoms with Crippen molar-refractivity contribution >= 4 is 34.9 Å². The Kier molecular flexibility index (Phi) is 7.51. The largest absolute Gasteiger partial charge is 0.356 e. The average Bonchev–Trinajstić information content (AvgIpc) is 2.97. The number of nitrogens with zero attached hydrogens (tertiary/aromatic N) is 1. The van der Waals surface area contributed by atoms with Crippen LogP contribution in [0, 0.1) is 5.82 Å². The molecule has 0 fully saturated rings. The van der Waals surface area contributed by atoms with Crippen molar-refractivity contribution in [2.24, 2.45) is 0 Å². The molecule has 0 saturated carbocycles. The molecule has 158 valence electrons. The lowest BCUT2D eigenvalue weighted by atomic mass is 10.0. The second-order valence-corrected chi connectivity index (χ2v) is 8.69. The van der Waals surface area contributed by atoms with Crippen molar-refractivity contribution in [3.63, 3.8) is 0 Å². The summed E-state index contributed by atoms with van der Waals surface area (Å²) in [4.78, 5) is 15.9. The third-order valence-electron chi connectivity index (χ3n) is 5.32. The molecule has 1 aliphatic rings. The van der Waals surface area contributed by atoms with Gasteiger partial charge in [-0.15, -0.1) is 11.8 Å².